The van der Waals surface area contributed by atoms with Crippen molar-refractivity contribution in [3.05, 3.63) is 39.6 Å². The summed E-state index contributed by atoms with van der Waals surface area (Å²) < 4.78 is 5.46. The fourth-order valence-electron chi connectivity index (χ4n) is 2.85. The molecular formula is C18H20Cl2N4O2. The molecule has 26 heavy (non-hydrogen) atoms. The third kappa shape index (κ3) is 4.37. The van der Waals surface area contributed by atoms with Crippen molar-refractivity contribution in [2.75, 3.05) is 29.9 Å². The molecule has 0 unspecified atom stereocenters. The second-order valence-corrected chi connectivity index (χ2v) is 7.02. The molecule has 1 fully saturated rings. The maximum Gasteiger partial charge on any atom is 0.262 e. The van der Waals surface area contributed by atoms with Crippen LogP contribution in [0.1, 0.15) is 24.2 Å². The largest absolute Gasteiger partial charge is 0.482 e. The van der Waals surface area contributed by atoms with Crippen molar-refractivity contribution in [1.82, 2.24) is 9.97 Å². The molecular weight excluding hydrogens is 375 g/mol. The Kier molecular flexibility index (Phi) is 5.84. The van der Waals surface area contributed by atoms with Gasteiger partial charge in [0.2, 0.25) is 5.95 Å². The van der Waals surface area contributed by atoms with E-state index in [0.29, 0.717) is 21.5 Å². The van der Waals surface area contributed by atoms with Crippen LogP contribution in [0.4, 0.5) is 11.6 Å². The Labute approximate surface area is 162 Å². The Morgan fingerprint density at radius 3 is 2.46 bits per heavy atom. The highest BCUT2D eigenvalue weighted by atomic mass is 35.5. The summed E-state index contributed by atoms with van der Waals surface area (Å²) in [6.07, 6.45) is 2.31. The molecule has 1 aromatic carbocycles. The summed E-state index contributed by atoms with van der Waals surface area (Å²) in [5.74, 6) is 0.819. The molecule has 1 aromatic heterocycles. The van der Waals surface area contributed by atoms with Crippen LogP contribution in [0.5, 0.6) is 5.75 Å². The van der Waals surface area contributed by atoms with Gasteiger partial charge in [0.25, 0.3) is 5.91 Å². The van der Waals surface area contributed by atoms with Crippen molar-refractivity contribution in [1.29, 1.82) is 0 Å². The Morgan fingerprint density at radius 1 is 1.19 bits per heavy atom. The average Bonchev–Trinajstić information content (AvgIpc) is 3.12. The van der Waals surface area contributed by atoms with Gasteiger partial charge in [0.1, 0.15) is 5.75 Å². The van der Waals surface area contributed by atoms with Crippen LogP contribution in [0.25, 0.3) is 0 Å². The normalized spacial score (nSPS) is 13.8. The number of aromatic nitrogens is 2. The number of carbonyl (C=O) groups is 1. The molecule has 0 atom stereocenters. The van der Waals surface area contributed by atoms with E-state index in [1.165, 1.54) is 0 Å². The van der Waals surface area contributed by atoms with Crippen LogP contribution in [-0.4, -0.2) is 35.6 Å². The van der Waals surface area contributed by atoms with Gasteiger partial charge in [-0.3, -0.25) is 4.79 Å². The third-order valence-corrected chi connectivity index (χ3v) is 4.70. The lowest BCUT2D eigenvalue weighted by atomic mass is 10.3. The van der Waals surface area contributed by atoms with Gasteiger partial charge in [-0.15, -0.1) is 0 Å². The summed E-state index contributed by atoms with van der Waals surface area (Å²) in [6, 6.07) is 4.85. The van der Waals surface area contributed by atoms with Crippen molar-refractivity contribution >= 4 is 40.7 Å². The SMILES string of the molecule is Cc1nc(N2CCCC2)nc(C)c1NC(=O)COc1ccc(Cl)cc1Cl. The molecule has 6 nitrogen and oxygen atoms in total. The van der Waals surface area contributed by atoms with Crippen LogP contribution >= 0.6 is 23.2 Å². The van der Waals surface area contributed by atoms with Crippen LogP contribution in [0.2, 0.25) is 10.0 Å². The highest BCUT2D eigenvalue weighted by molar-refractivity contribution is 6.35. The maximum absolute atomic E-state index is 12.2. The van der Waals surface area contributed by atoms with Crippen LogP contribution in [-0.2, 0) is 4.79 Å². The second-order valence-electron chi connectivity index (χ2n) is 6.18. The first-order valence-corrected chi connectivity index (χ1v) is 9.17. The number of nitrogens with one attached hydrogen (secondary N) is 1. The Bertz CT molecular complexity index is 800. The van der Waals surface area contributed by atoms with E-state index >= 15 is 0 Å². The number of benzene rings is 1. The standard InChI is InChI=1S/C18H20Cl2N4O2/c1-11-17(12(2)22-18(21-11)24-7-3-4-8-24)23-16(25)10-26-15-6-5-13(19)9-14(15)20/h5-6,9H,3-4,7-8,10H2,1-2H3,(H,23,25). The number of amides is 1. The smallest absolute Gasteiger partial charge is 0.262 e. The molecule has 138 valence electrons. The summed E-state index contributed by atoms with van der Waals surface area (Å²) in [7, 11) is 0. The zero-order chi connectivity index (χ0) is 18.7. The molecule has 2 heterocycles. The molecule has 1 amide bonds. The predicted octanol–water partition coefficient (Wildman–Crippen LogP) is 4.02. The molecule has 1 aliphatic rings. The van der Waals surface area contributed by atoms with Crippen LogP contribution in [0, 0.1) is 13.8 Å². The van der Waals surface area contributed by atoms with Crippen molar-refractivity contribution in [3.8, 4) is 5.75 Å². The number of carbonyl (C=O) groups excluding carboxylic acids is 1. The van der Waals surface area contributed by atoms with Crippen LogP contribution in [0.3, 0.4) is 0 Å². The van der Waals surface area contributed by atoms with E-state index in [-0.39, 0.29) is 12.5 Å². The van der Waals surface area contributed by atoms with E-state index in [9.17, 15) is 4.79 Å². The molecule has 0 spiro atoms. The summed E-state index contributed by atoms with van der Waals surface area (Å²) in [5.41, 5.74) is 2.08. The maximum atomic E-state index is 12.2. The fourth-order valence-corrected chi connectivity index (χ4v) is 3.31. The lowest BCUT2D eigenvalue weighted by molar-refractivity contribution is -0.118. The van der Waals surface area contributed by atoms with E-state index in [1.807, 2.05) is 13.8 Å². The number of nitrogens with zero attached hydrogens (tertiary/aromatic N) is 3. The summed E-state index contributed by atoms with van der Waals surface area (Å²) >= 11 is 11.9. The number of hydrogen-bond donors (Lipinski definition) is 1. The van der Waals surface area contributed by atoms with Gasteiger partial charge in [-0.25, -0.2) is 9.97 Å². The van der Waals surface area contributed by atoms with Gasteiger partial charge in [-0.05, 0) is 44.9 Å². The van der Waals surface area contributed by atoms with E-state index in [1.54, 1.807) is 18.2 Å². The molecule has 0 saturated carbocycles. The number of halogens is 2. The molecule has 0 bridgehead atoms. The Morgan fingerprint density at radius 2 is 1.85 bits per heavy atom. The van der Waals surface area contributed by atoms with Gasteiger partial charge in [-0.1, -0.05) is 23.2 Å². The van der Waals surface area contributed by atoms with E-state index in [2.05, 4.69) is 20.2 Å². The molecule has 3 rings (SSSR count). The van der Waals surface area contributed by atoms with Gasteiger partial charge in [0.15, 0.2) is 6.61 Å². The van der Waals surface area contributed by atoms with Crippen LogP contribution in [0.15, 0.2) is 18.2 Å². The number of hydrogen-bond acceptors (Lipinski definition) is 5. The Hall–Kier alpha value is -2.05. The Balaban J connectivity index is 1.65. The number of aryl methyl sites for hydroxylation is 2. The van der Waals surface area contributed by atoms with E-state index in [0.717, 1.165) is 43.3 Å². The third-order valence-electron chi connectivity index (χ3n) is 4.17. The summed E-state index contributed by atoms with van der Waals surface area (Å²) in [5, 5.41) is 3.69. The van der Waals surface area contributed by atoms with Crippen molar-refractivity contribution in [3.63, 3.8) is 0 Å². The highest BCUT2D eigenvalue weighted by Gasteiger charge is 2.18. The van der Waals surface area contributed by atoms with Crippen molar-refractivity contribution in [2.24, 2.45) is 0 Å². The van der Waals surface area contributed by atoms with Gasteiger partial charge in [0, 0.05) is 18.1 Å². The highest BCUT2D eigenvalue weighted by Crippen LogP contribution is 2.27. The molecule has 0 aliphatic carbocycles. The van der Waals surface area contributed by atoms with E-state index < -0.39 is 0 Å². The molecule has 2 aromatic rings. The number of rotatable bonds is 5. The quantitative estimate of drug-likeness (QED) is 0.829. The minimum Gasteiger partial charge on any atom is -0.482 e. The zero-order valence-corrected chi connectivity index (χ0v) is 16.2. The first-order chi connectivity index (χ1) is 12.4. The summed E-state index contributed by atoms with van der Waals surface area (Å²) in [6.45, 7) is 5.50. The first-order valence-electron chi connectivity index (χ1n) is 8.42. The molecule has 1 N–H and O–H groups in total. The molecule has 1 saturated heterocycles. The minimum atomic E-state index is -0.306. The van der Waals surface area contributed by atoms with Crippen molar-refractivity contribution in [2.45, 2.75) is 26.7 Å². The molecule has 0 radical (unpaired) electrons. The monoisotopic (exact) mass is 394 g/mol. The lowest BCUT2D eigenvalue weighted by Gasteiger charge is -2.18. The topological polar surface area (TPSA) is 67.4 Å². The average molecular weight is 395 g/mol. The van der Waals surface area contributed by atoms with E-state index in [4.69, 9.17) is 27.9 Å². The fraction of sp³-hybridized carbons (Fsp3) is 0.389. The van der Waals surface area contributed by atoms with Crippen LogP contribution < -0.4 is 15.0 Å². The second kappa shape index (κ2) is 8.10. The van der Waals surface area contributed by atoms with Gasteiger partial charge >= 0.3 is 0 Å². The molecule has 8 heteroatoms. The molecule has 1 aliphatic heterocycles. The zero-order valence-electron chi connectivity index (χ0n) is 14.7. The van der Waals surface area contributed by atoms with Crippen molar-refractivity contribution < 1.29 is 9.53 Å². The lowest BCUT2D eigenvalue weighted by Crippen LogP contribution is -2.24. The van der Waals surface area contributed by atoms with Gasteiger partial charge in [-0.2, -0.15) is 0 Å². The number of ether oxygens (including phenoxy) is 1. The first kappa shape index (κ1) is 18.7. The number of anilines is 2. The minimum absolute atomic E-state index is 0.173. The van der Waals surface area contributed by atoms with Gasteiger partial charge < -0.3 is 15.0 Å². The summed E-state index contributed by atoms with van der Waals surface area (Å²) in [4.78, 5) is 23.5. The predicted molar refractivity (Wildman–Crippen MR) is 104 cm³/mol. The van der Waals surface area contributed by atoms with Gasteiger partial charge in [0.05, 0.1) is 22.1 Å².